The molecule has 0 heterocycles. The summed E-state index contributed by atoms with van der Waals surface area (Å²) >= 11 is 0. The summed E-state index contributed by atoms with van der Waals surface area (Å²) in [5, 5.41) is 0. The van der Waals surface area contributed by atoms with Crippen molar-refractivity contribution in [3.05, 3.63) is 0 Å². The van der Waals surface area contributed by atoms with E-state index < -0.39 is 0 Å². The Bertz CT molecular complexity index is 478. The number of hydrogen-bond donors (Lipinski definition) is 0. The smallest absolute Gasteiger partial charge is 0.305 e. The molecule has 0 radical (unpaired) electrons. The highest BCUT2D eigenvalue weighted by Gasteiger charge is 2.42. The van der Waals surface area contributed by atoms with Crippen molar-refractivity contribution in [2.24, 2.45) is 11.8 Å². The highest BCUT2D eigenvalue weighted by atomic mass is 16.5. The van der Waals surface area contributed by atoms with Gasteiger partial charge < -0.3 is 9.64 Å². The van der Waals surface area contributed by atoms with Gasteiger partial charge in [-0.1, -0.05) is 129 Å². The second-order valence-electron chi connectivity index (χ2n) is 11.7. The molecule has 0 aromatic rings. The molecule has 0 bridgehead atoms. The molecule has 1 saturated carbocycles. The van der Waals surface area contributed by atoms with Crippen LogP contribution in [0.1, 0.15) is 162 Å². The molecule has 3 heteroatoms. The third-order valence-electron chi connectivity index (χ3n) is 8.25. The Labute approximate surface area is 220 Å². The van der Waals surface area contributed by atoms with Crippen LogP contribution in [0.4, 0.5) is 0 Å². The molecule has 1 aliphatic carbocycles. The Morgan fingerprint density at radius 3 is 1.71 bits per heavy atom. The van der Waals surface area contributed by atoms with Gasteiger partial charge in [-0.15, -0.1) is 0 Å². The number of rotatable bonds is 26. The highest BCUT2D eigenvalue weighted by Crippen LogP contribution is 2.47. The minimum absolute atomic E-state index is 0.0261. The van der Waals surface area contributed by atoms with Crippen molar-refractivity contribution < 1.29 is 9.53 Å². The zero-order valence-electron chi connectivity index (χ0n) is 24.5. The first kappa shape index (κ1) is 32.5. The molecule has 208 valence electrons. The van der Waals surface area contributed by atoms with Gasteiger partial charge in [0, 0.05) is 12.5 Å². The Kier molecular flexibility index (Phi) is 21.0. The minimum Gasteiger partial charge on any atom is -0.466 e. The lowest BCUT2D eigenvalue weighted by atomic mass is 9.98. The summed E-state index contributed by atoms with van der Waals surface area (Å²) < 4.78 is 5.00. The number of nitrogens with zero attached hydrogens (tertiary/aromatic N) is 1. The summed E-state index contributed by atoms with van der Waals surface area (Å²) in [6.07, 6.45) is 31.3. The lowest BCUT2D eigenvalue weighted by Gasteiger charge is -2.25. The lowest BCUT2D eigenvalue weighted by molar-refractivity contribution is -0.143. The van der Waals surface area contributed by atoms with Gasteiger partial charge in [-0.25, -0.2) is 0 Å². The van der Waals surface area contributed by atoms with Gasteiger partial charge in [-0.05, 0) is 52.1 Å². The maximum Gasteiger partial charge on any atom is 0.305 e. The summed E-state index contributed by atoms with van der Waals surface area (Å²) in [6, 6.07) is 0.807. The fourth-order valence-electron chi connectivity index (χ4n) is 5.92. The first-order valence-electron chi connectivity index (χ1n) is 15.9. The Morgan fingerprint density at radius 1 is 0.714 bits per heavy atom. The maximum absolute atomic E-state index is 11.4. The molecule has 0 amide bonds. The molecule has 0 aromatic carbocycles. The van der Waals surface area contributed by atoms with Crippen LogP contribution in [0.25, 0.3) is 0 Å². The SMILES string of the molecule is CCCCCCCCCCCCCCCCC(C1CC1CCCCCCCC(=O)OCC)N(C)C. The third kappa shape index (κ3) is 18.3. The second-order valence-corrected chi connectivity index (χ2v) is 11.7. The van der Waals surface area contributed by atoms with E-state index in [0.29, 0.717) is 13.0 Å². The van der Waals surface area contributed by atoms with Crippen molar-refractivity contribution in [3.63, 3.8) is 0 Å². The van der Waals surface area contributed by atoms with E-state index in [1.165, 1.54) is 135 Å². The average molecular weight is 494 g/mol. The van der Waals surface area contributed by atoms with Gasteiger partial charge in [0.1, 0.15) is 0 Å². The number of carbonyl (C=O) groups excluding carboxylic acids is 1. The molecule has 0 aliphatic heterocycles. The third-order valence-corrected chi connectivity index (χ3v) is 8.25. The molecule has 3 unspecified atom stereocenters. The van der Waals surface area contributed by atoms with E-state index in [1.807, 2.05) is 6.92 Å². The van der Waals surface area contributed by atoms with Gasteiger partial charge in [0.2, 0.25) is 0 Å². The van der Waals surface area contributed by atoms with E-state index in [9.17, 15) is 4.79 Å². The molecule has 0 aromatic heterocycles. The monoisotopic (exact) mass is 493 g/mol. The summed E-state index contributed by atoms with van der Waals surface area (Å²) in [6.45, 7) is 4.69. The predicted octanol–water partition coefficient (Wildman–Crippen LogP) is 9.72. The molecule has 0 N–H and O–H groups in total. The summed E-state index contributed by atoms with van der Waals surface area (Å²) in [7, 11) is 4.60. The standard InChI is InChI=1S/C32H63NO2/c1-5-7-8-9-10-11-12-13-14-15-16-17-20-23-26-31(33(3)4)30-28-29(30)25-22-19-18-21-24-27-32(34)35-6-2/h29-31H,5-28H2,1-4H3. The zero-order valence-corrected chi connectivity index (χ0v) is 24.5. The summed E-state index contributed by atoms with van der Waals surface area (Å²) in [5.41, 5.74) is 0. The summed E-state index contributed by atoms with van der Waals surface area (Å²) in [4.78, 5) is 13.9. The predicted molar refractivity (Wildman–Crippen MR) is 153 cm³/mol. The van der Waals surface area contributed by atoms with Crippen molar-refractivity contribution in [1.29, 1.82) is 0 Å². The van der Waals surface area contributed by atoms with E-state index in [1.54, 1.807) is 0 Å². The number of carbonyl (C=O) groups is 1. The Balaban J connectivity index is 1.93. The van der Waals surface area contributed by atoms with Crippen LogP contribution in [0.3, 0.4) is 0 Å². The van der Waals surface area contributed by atoms with Crippen LogP contribution in [-0.4, -0.2) is 37.6 Å². The van der Waals surface area contributed by atoms with Gasteiger partial charge in [0.05, 0.1) is 6.61 Å². The first-order chi connectivity index (χ1) is 17.1. The van der Waals surface area contributed by atoms with Gasteiger partial charge in [0.15, 0.2) is 0 Å². The fourth-order valence-corrected chi connectivity index (χ4v) is 5.92. The van der Waals surface area contributed by atoms with Crippen LogP contribution < -0.4 is 0 Å². The normalized spacial score (nSPS) is 18.2. The molecule has 3 atom stereocenters. The molecule has 3 nitrogen and oxygen atoms in total. The van der Waals surface area contributed by atoms with Gasteiger partial charge in [-0.3, -0.25) is 4.79 Å². The summed E-state index contributed by atoms with van der Waals surface area (Å²) in [5.74, 6) is 1.91. The van der Waals surface area contributed by atoms with Gasteiger partial charge in [-0.2, -0.15) is 0 Å². The average Bonchev–Trinajstić information content (AvgIpc) is 3.59. The highest BCUT2D eigenvalue weighted by molar-refractivity contribution is 5.69. The largest absolute Gasteiger partial charge is 0.466 e. The van der Waals surface area contributed by atoms with E-state index in [0.717, 1.165) is 24.3 Å². The molecule has 0 spiro atoms. The van der Waals surface area contributed by atoms with Crippen LogP contribution in [0, 0.1) is 11.8 Å². The Hall–Kier alpha value is -0.570. The molecule has 1 fully saturated rings. The van der Waals surface area contributed by atoms with Crippen molar-refractivity contribution in [1.82, 2.24) is 4.90 Å². The van der Waals surface area contributed by atoms with Crippen LogP contribution in [0.2, 0.25) is 0 Å². The van der Waals surface area contributed by atoms with Crippen molar-refractivity contribution >= 4 is 5.97 Å². The second kappa shape index (κ2) is 22.6. The fraction of sp³-hybridized carbons (Fsp3) is 0.969. The topological polar surface area (TPSA) is 29.5 Å². The number of ether oxygens (including phenoxy) is 1. The van der Waals surface area contributed by atoms with Crippen molar-refractivity contribution in [2.45, 2.75) is 168 Å². The number of hydrogen-bond acceptors (Lipinski definition) is 3. The lowest BCUT2D eigenvalue weighted by Crippen LogP contribution is -2.30. The zero-order chi connectivity index (χ0) is 25.6. The van der Waals surface area contributed by atoms with Crippen LogP contribution in [0.5, 0.6) is 0 Å². The van der Waals surface area contributed by atoms with Gasteiger partial charge >= 0.3 is 5.97 Å². The van der Waals surface area contributed by atoms with E-state index in [-0.39, 0.29) is 5.97 Å². The van der Waals surface area contributed by atoms with Crippen molar-refractivity contribution in [2.75, 3.05) is 20.7 Å². The van der Waals surface area contributed by atoms with Crippen LogP contribution >= 0.6 is 0 Å². The minimum atomic E-state index is -0.0261. The van der Waals surface area contributed by atoms with E-state index in [2.05, 4.69) is 25.9 Å². The van der Waals surface area contributed by atoms with Crippen LogP contribution in [0.15, 0.2) is 0 Å². The molecular weight excluding hydrogens is 430 g/mol. The molecular formula is C32H63NO2. The van der Waals surface area contributed by atoms with E-state index in [4.69, 9.17) is 4.74 Å². The maximum atomic E-state index is 11.4. The quantitative estimate of drug-likeness (QED) is 0.0887. The first-order valence-corrected chi connectivity index (χ1v) is 15.9. The molecule has 35 heavy (non-hydrogen) atoms. The molecule has 1 rings (SSSR count). The van der Waals surface area contributed by atoms with Crippen molar-refractivity contribution in [3.8, 4) is 0 Å². The van der Waals surface area contributed by atoms with Gasteiger partial charge in [0.25, 0.3) is 0 Å². The van der Waals surface area contributed by atoms with E-state index >= 15 is 0 Å². The Morgan fingerprint density at radius 2 is 1.20 bits per heavy atom. The molecule has 0 saturated heterocycles. The molecule has 1 aliphatic rings. The number of esters is 1. The van der Waals surface area contributed by atoms with Crippen LogP contribution in [-0.2, 0) is 9.53 Å². The number of unbranched alkanes of at least 4 members (excludes halogenated alkanes) is 17.